The summed E-state index contributed by atoms with van der Waals surface area (Å²) in [6, 6.07) is 7.74. The number of fused-ring (bicyclic) bond motifs is 2. The normalized spacial score (nSPS) is 25.8. The standard InChI is InChI=1S/C24H33N6O5P/c31-36(34-21-3-1-17-15-25-16-20(23(17)27-21)30-9-13-33-14-10-30)35-22-4-2-18-24(28-22)19(5-6-26-18)29-7-11-32-12-8-29/h1-4,19-20,25-26,36H,5-16H2. The molecule has 4 aliphatic heterocycles. The van der Waals surface area contributed by atoms with E-state index in [4.69, 9.17) is 28.5 Å². The number of nitrogens with zero attached hydrogens (tertiary/aromatic N) is 4. The molecule has 3 unspecified atom stereocenters. The van der Waals surface area contributed by atoms with Crippen molar-refractivity contribution in [3.63, 3.8) is 0 Å². The quantitative estimate of drug-likeness (QED) is 0.550. The molecule has 6 heterocycles. The SMILES string of the molecule is O=[PH](Oc1ccc2c(n1)C(N1CCOCC1)CNC2)Oc1ccc2c(n1)C(N1CCOCC1)CCN2. The summed E-state index contributed by atoms with van der Waals surface area (Å²) in [5.41, 5.74) is 4.01. The van der Waals surface area contributed by atoms with Gasteiger partial charge in [-0.2, -0.15) is 0 Å². The Kier molecular flexibility index (Phi) is 7.36. The van der Waals surface area contributed by atoms with Crippen LogP contribution >= 0.6 is 8.25 Å². The summed E-state index contributed by atoms with van der Waals surface area (Å²) in [6.45, 7) is 8.84. The van der Waals surface area contributed by atoms with E-state index in [1.165, 1.54) is 0 Å². The summed E-state index contributed by atoms with van der Waals surface area (Å²) in [7, 11) is -2.91. The molecular formula is C24H33N6O5P. The van der Waals surface area contributed by atoms with Crippen LogP contribution < -0.4 is 19.7 Å². The van der Waals surface area contributed by atoms with Crippen molar-refractivity contribution in [2.75, 3.05) is 71.0 Å². The van der Waals surface area contributed by atoms with Crippen LogP contribution in [0.2, 0.25) is 0 Å². The fourth-order valence-corrected chi connectivity index (χ4v) is 6.05. The molecule has 0 bridgehead atoms. The van der Waals surface area contributed by atoms with E-state index in [0.717, 1.165) is 101 Å². The molecule has 2 aromatic rings. The molecule has 3 atom stereocenters. The molecule has 0 aromatic carbocycles. The molecule has 0 amide bonds. The third-order valence-corrected chi connectivity index (χ3v) is 8.00. The van der Waals surface area contributed by atoms with E-state index < -0.39 is 8.25 Å². The number of anilines is 1. The van der Waals surface area contributed by atoms with Gasteiger partial charge in [0.1, 0.15) is 0 Å². The minimum Gasteiger partial charge on any atom is -0.399 e. The number of rotatable bonds is 6. The van der Waals surface area contributed by atoms with Crippen LogP contribution in [0.15, 0.2) is 24.3 Å². The maximum Gasteiger partial charge on any atom is 0.421 e. The Hall–Kier alpha value is -2.27. The lowest BCUT2D eigenvalue weighted by atomic mass is 10.0. The van der Waals surface area contributed by atoms with Gasteiger partial charge < -0.3 is 29.2 Å². The fraction of sp³-hybridized carbons (Fsp3) is 0.583. The summed E-state index contributed by atoms with van der Waals surface area (Å²) in [4.78, 5) is 14.2. The van der Waals surface area contributed by atoms with Crippen molar-refractivity contribution in [3.05, 3.63) is 41.2 Å². The number of nitrogens with one attached hydrogen (secondary N) is 2. The van der Waals surface area contributed by atoms with Crippen molar-refractivity contribution in [1.82, 2.24) is 25.1 Å². The van der Waals surface area contributed by atoms with Gasteiger partial charge >= 0.3 is 8.25 Å². The van der Waals surface area contributed by atoms with Crippen LogP contribution in [0.3, 0.4) is 0 Å². The first-order valence-corrected chi connectivity index (χ1v) is 14.0. The van der Waals surface area contributed by atoms with Gasteiger partial charge in [0.25, 0.3) is 0 Å². The van der Waals surface area contributed by atoms with E-state index in [9.17, 15) is 4.57 Å². The molecule has 0 spiro atoms. The van der Waals surface area contributed by atoms with Crippen LogP contribution in [0.5, 0.6) is 11.8 Å². The Labute approximate surface area is 211 Å². The minimum atomic E-state index is -2.91. The van der Waals surface area contributed by atoms with Crippen molar-refractivity contribution in [3.8, 4) is 11.8 Å². The van der Waals surface area contributed by atoms with Gasteiger partial charge in [-0.1, -0.05) is 6.07 Å². The van der Waals surface area contributed by atoms with Gasteiger partial charge in [-0.15, -0.1) is 0 Å². The number of morpholine rings is 2. The zero-order valence-corrected chi connectivity index (χ0v) is 21.3. The first kappa shape index (κ1) is 24.1. The maximum atomic E-state index is 12.9. The van der Waals surface area contributed by atoms with Gasteiger partial charge in [-0.05, 0) is 18.1 Å². The maximum absolute atomic E-state index is 12.9. The fourth-order valence-electron chi connectivity index (χ4n) is 5.44. The Balaban J connectivity index is 1.15. The summed E-state index contributed by atoms with van der Waals surface area (Å²) in [6.07, 6.45) is 0.952. The highest BCUT2D eigenvalue weighted by atomic mass is 31.1. The molecular weight excluding hydrogens is 483 g/mol. The molecule has 2 N–H and O–H groups in total. The van der Waals surface area contributed by atoms with Crippen LogP contribution in [-0.2, 0) is 20.6 Å². The Morgan fingerprint density at radius 1 is 0.861 bits per heavy atom. The summed E-state index contributed by atoms with van der Waals surface area (Å²) >= 11 is 0. The smallest absolute Gasteiger partial charge is 0.399 e. The molecule has 2 aromatic heterocycles. The lowest BCUT2D eigenvalue weighted by Gasteiger charge is -2.37. The van der Waals surface area contributed by atoms with Crippen molar-refractivity contribution in [2.24, 2.45) is 0 Å². The van der Waals surface area contributed by atoms with Gasteiger partial charge in [0.05, 0.1) is 55.6 Å². The Bertz CT molecular complexity index is 1010. The second kappa shape index (κ2) is 11.0. The topological polar surface area (TPSA) is 110 Å². The molecule has 0 radical (unpaired) electrons. The van der Waals surface area contributed by atoms with Crippen molar-refractivity contribution in [2.45, 2.75) is 25.0 Å². The lowest BCUT2D eigenvalue weighted by molar-refractivity contribution is 0.0134. The van der Waals surface area contributed by atoms with Crippen LogP contribution in [0.4, 0.5) is 5.69 Å². The van der Waals surface area contributed by atoms with E-state index in [0.29, 0.717) is 11.8 Å². The number of hydrogen-bond acceptors (Lipinski definition) is 11. The second-order valence-corrected chi connectivity index (χ2v) is 10.3. The molecule has 36 heavy (non-hydrogen) atoms. The largest absolute Gasteiger partial charge is 0.421 e. The molecule has 2 fully saturated rings. The van der Waals surface area contributed by atoms with E-state index in [2.05, 4.69) is 20.4 Å². The second-order valence-electron chi connectivity index (χ2n) is 9.40. The van der Waals surface area contributed by atoms with Crippen molar-refractivity contribution in [1.29, 1.82) is 0 Å². The Morgan fingerprint density at radius 2 is 1.50 bits per heavy atom. The van der Waals surface area contributed by atoms with Gasteiger partial charge in [-0.3, -0.25) is 9.80 Å². The Morgan fingerprint density at radius 3 is 2.22 bits per heavy atom. The average molecular weight is 517 g/mol. The number of aromatic nitrogens is 2. The van der Waals surface area contributed by atoms with Crippen LogP contribution in [0.1, 0.15) is 35.5 Å². The van der Waals surface area contributed by atoms with Gasteiger partial charge in [0.15, 0.2) is 0 Å². The molecule has 0 aliphatic carbocycles. The highest BCUT2D eigenvalue weighted by molar-refractivity contribution is 7.34. The zero-order valence-electron chi connectivity index (χ0n) is 20.3. The van der Waals surface area contributed by atoms with Gasteiger partial charge in [0.2, 0.25) is 11.8 Å². The predicted molar refractivity (Wildman–Crippen MR) is 134 cm³/mol. The zero-order chi connectivity index (χ0) is 24.3. The number of hydrogen-bond donors (Lipinski definition) is 2. The molecule has 4 aliphatic rings. The van der Waals surface area contributed by atoms with E-state index in [1.807, 2.05) is 12.1 Å². The number of ether oxygens (including phenoxy) is 2. The molecule has 6 rings (SSSR count). The van der Waals surface area contributed by atoms with E-state index in [1.54, 1.807) is 12.1 Å². The van der Waals surface area contributed by atoms with E-state index in [-0.39, 0.29) is 12.1 Å². The summed E-state index contributed by atoms with van der Waals surface area (Å²) in [5.74, 6) is 0.608. The predicted octanol–water partition coefficient (Wildman–Crippen LogP) is 1.99. The highest BCUT2D eigenvalue weighted by Crippen LogP contribution is 2.37. The first-order chi connectivity index (χ1) is 17.7. The third kappa shape index (κ3) is 5.22. The first-order valence-electron chi connectivity index (χ1n) is 12.7. The number of pyridine rings is 2. The molecule has 194 valence electrons. The molecule has 11 nitrogen and oxygen atoms in total. The van der Waals surface area contributed by atoms with Crippen molar-refractivity contribution >= 4 is 13.9 Å². The van der Waals surface area contributed by atoms with Crippen LogP contribution in [0, 0.1) is 0 Å². The van der Waals surface area contributed by atoms with Crippen LogP contribution in [-0.4, -0.2) is 85.5 Å². The van der Waals surface area contributed by atoms with Crippen molar-refractivity contribution < 1.29 is 23.1 Å². The lowest BCUT2D eigenvalue weighted by Crippen LogP contribution is -2.45. The minimum absolute atomic E-state index is 0.136. The van der Waals surface area contributed by atoms with Gasteiger partial charge in [0, 0.05) is 57.9 Å². The van der Waals surface area contributed by atoms with Crippen LogP contribution in [0.25, 0.3) is 0 Å². The van der Waals surface area contributed by atoms with E-state index >= 15 is 0 Å². The highest BCUT2D eigenvalue weighted by Gasteiger charge is 2.30. The third-order valence-electron chi connectivity index (χ3n) is 7.25. The molecule has 0 saturated carbocycles. The molecule has 12 heteroatoms. The average Bonchev–Trinajstić information content (AvgIpc) is 2.93. The summed E-state index contributed by atoms with van der Waals surface area (Å²) < 4.78 is 35.2. The summed E-state index contributed by atoms with van der Waals surface area (Å²) in [5, 5.41) is 6.87. The molecule has 2 saturated heterocycles. The monoisotopic (exact) mass is 516 g/mol. The van der Waals surface area contributed by atoms with Gasteiger partial charge in [-0.25, -0.2) is 14.5 Å².